The molecule has 6 aromatic rings. The zero-order chi connectivity index (χ0) is 25.8. The van der Waals surface area contributed by atoms with Crippen molar-refractivity contribution in [2.75, 3.05) is 0 Å². The van der Waals surface area contributed by atoms with Crippen molar-refractivity contribution in [2.45, 2.75) is 0 Å². The van der Waals surface area contributed by atoms with Crippen LogP contribution in [-0.4, -0.2) is 11.7 Å². The summed E-state index contributed by atoms with van der Waals surface area (Å²) < 4.78 is 13.5. The summed E-state index contributed by atoms with van der Waals surface area (Å²) in [6, 6.07) is 43.9. The van der Waals surface area contributed by atoms with Crippen molar-refractivity contribution in [1.29, 1.82) is 0 Å². The van der Waals surface area contributed by atoms with Gasteiger partial charge in [0.2, 0.25) is 0 Å². The summed E-state index contributed by atoms with van der Waals surface area (Å²) in [5.74, 6) is 3.45. The first-order valence-corrected chi connectivity index (χ1v) is 13.2. The van der Waals surface area contributed by atoms with E-state index in [0.29, 0.717) is 0 Å². The summed E-state index contributed by atoms with van der Waals surface area (Å²) in [7, 11) is 0. The van der Waals surface area contributed by atoms with Crippen LogP contribution in [0, 0.1) is 0 Å². The van der Waals surface area contributed by atoms with Gasteiger partial charge in [-0.3, -0.25) is 4.98 Å². The average molecular weight is 499 g/mol. The lowest BCUT2D eigenvalue weighted by Crippen LogP contribution is -2.57. The third-order valence-corrected chi connectivity index (χ3v) is 7.66. The number of hydrogen-bond donors (Lipinski definition) is 0. The van der Waals surface area contributed by atoms with Crippen molar-refractivity contribution in [3.63, 3.8) is 0 Å². The minimum absolute atomic E-state index is 0.0431. The molecule has 0 radical (unpaired) electrons. The molecule has 0 saturated heterocycles. The van der Waals surface area contributed by atoms with Gasteiger partial charge in [0.25, 0.3) is 6.71 Å². The topological polar surface area (TPSA) is 31.4 Å². The minimum atomic E-state index is -0.0431. The molecule has 3 nitrogen and oxygen atoms in total. The molecule has 0 bridgehead atoms. The summed E-state index contributed by atoms with van der Waals surface area (Å²) in [6.45, 7) is -0.0431. The number of rotatable bonds is 3. The van der Waals surface area contributed by atoms with Gasteiger partial charge in [-0.15, -0.1) is 0 Å². The molecule has 0 aliphatic carbocycles. The molecule has 2 aliphatic rings. The van der Waals surface area contributed by atoms with Crippen LogP contribution in [0.4, 0.5) is 0 Å². The zero-order valence-corrected chi connectivity index (χ0v) is 21.0. The molecule has 0 saturated carbocycles. The molecule has 3 heterocycles. The lowest BCUT2D eigenvalue weighted by molar-refractivity contribution is 0.467. The lowest BCUT2D eigenvalue weighted by Gasteiger charge is -2.35. The van der Waals surface area contributed by atoms with Crippen LogP contribution in [0.3, 0.4) is 0 Å². The third kappa shape index (κ3) is 3.49. The van der Waals surface area contributed by atoms with Gasteiger partial charge in [0, 0.05) is 22.8 Å². The highest BCUT2D eigenvalue weighted by Gasteiger charge is 2.42. The van der Waals surface area contributed by atoms with E-state index in [1.165, 1.54) is 0 Å². The molecule has 8 rings (SSSR count). The summed E-state index contributed by atoms with van der Waals surface area (Å²) in [6.07, 6.45) is 1.83. The van der Waals surface area contributed by atoms with Crippen molar-refractivity contribution in [1.82, 2.24) is 4.98 Å². The smallest absolute Gasteiger partial charge is 0.260 e. The van der Waals surface area contributed by atoms with Crippen LogP contribution in [0.2, 0.25) is 0 Å². The predicted molar refractivity (Wildman–Crippen MR) is 158 cm³/mol. The Labute approximate surface area is 227 Å². The number of ether oxygens (including phenoxy) is 2. The van der Waals surface area contributed by atoms with Crippen LogP contribution in [0.15, 0.2) is 134 Å². The average Bonchev–Trinajstić information content (AvgIpc) is 3.02. The van der Waals surface area contributed by atoms with Gasteiger partial charge in [0.1, 0.15) is 23.0 Å². The normalized spacial score (nSPS) is 12.5. The largest absolute Gasteiger partial charge is 0.458 e. The Kier molecular flexibility index (Phi) is 4.92. The summed E-state index contributed by atoms with van der Waals surface area (Å²) in [5.41, 5.74) is 9.66. The second-order valence-corrected chi connectivity index (χ2v) is 9.92. The molecular formula is C35H22BNO2. The molecule has 0 fully saturated rings. The molecular weight excluding hydrogens is 477 g/mol. The van der Waals surface area contributed by atoms with E-state index in [1.807, 2.05) is 42.6 Å². The molecule has 0 amide bonds. The first-order valence-electron chi connectivity index (χ1n) is 13.2. The second kappa shape index (κ2) is 8.75. The molecule has 0 unspecified atom stereocenters. The Morgan fingerprint density at radius 3 is 1.77 bits per heavy atom. The Morgan fingerprint density at radius 2 is 1.10 bits per heavy atom. The molecule has 0 spiro atoms. The van der Waals surface area contributed by atoms with E-state index in [0.717, 1.165) is 72.9 Å². The molecule has 182 valence electrons. The molecule has 2 aliphatic heterocycles. The van der Waals surface area contributed by atoms with Crippen molar-refractivity contribution < 1.29 is 9.47 Å². The Bertz CT molecular complexity index is 1800. The van der Waals surface area contributed by atoms with Crippen LogP contribution in [0.25, 0.3) is 33.5 Å². The standard InChI is InChI=1S/C35H22BNO2/c1-3-11-23(12-4-1)26-22-27(24-13-5-2-6-14-24)35-33-34(26)38-31-17-8-7-15-28(31)36(33)29-21-25(18-19-32(29)39-35)30-16-9-10-20-37-30/h1-22H. The van der Waals surface area contributed by atoms with Crippen LogP contribution < -0.4 is 25.9 Å². The number of fused-ring (bicyclic) bond motifs is 4. The van der Waals surface area contributed by atoms with E-state index >= 15 is 0 Å². The fourth-order valence-corrected chi connectivity index (χ4v) is 5.89. The summed E-state index contributed by atoms with van der Waals surface area (Å²) in [5, 5.41) is 0. The molecule has 4 heteroatoms. The highest BCUT2D eigenvalue weighted by Crippen LogP contribution is 2.46. The quantitative estimate of drug-likeness (QED) is 0.250. The Morgan fingerprint density at radius 1 is 0.487 bits per heavy atom. The van der Waals surface area contributed by atoms with E-state index in [-0.39, 0.29) is 6.71 Å². The maximum absolute atomic E-state index is 6.81. The minimum Gasteiger partial charge on any atom is -0.458 e. The van der Waals surface area contributed by atoms with Crippen molar-refractivity contribution in [3.8, 4) is 56.5 Å². The van der Waals surface area contributed by atoms with Crippen LogP contribution in [0.5, 0.6) is 23.0 Å². The van der Waals surface area contributed by atoms with Crippen molar-refractivity contribution >= 4 is 23.1 Å². The second-order valence-electron chi connectivity index (χ2n) is 9.92. The van der Waals surface area contributed by atoms with E-state index in [4.69, 9.17) is 9.47 Å². The van der Waals surface area contributed by atoms with Crippen LogP contribution in [0.1, 0.15) is 0 Å². The number of nitrogens with zero attached hydrogens (tertiary/aromatic N) is 1. The Hall–Kier alpha value is -5.09. The maximum Gasteiger partial charge on any atom is 0.260 e. The van der Waals surface area contributed by atoms with Gasteiger partial charge in [-0.1, -0.05) is 91.0 Å². The van der Waals surface area contributed by atoms with Gasteiger partial charge in [0.15, 0.2) is 0 Å². The Balaban J connectivity index is 1.45. The number of para-hydroxylation sites is 1. The molecule has 0 atom stereocenters. The summed E-state index contributed by atoms with van der Waals surface area (Å²) in [4.78, 5) is 4.61. The number of aromatic nitrogens is 1. The van der Waals surface area contributed by atoms with E-state index in [2.05, 4.69) is 96.0 Å². The first kappa shape index (κ1) is 21.9. The van der Waals surface area contributed by atoms with Gasteiger partial charge in [-0.25, -0.2) is 0 Å². The molecule has 39 heavy (non-hydrogen) atoms. The van der Waals surface area contributed by atoms with E-state index < -0.39 is 0 Å². The monoisotopic (exact) mass is 499 g/mol. The maximum atomic E-state index is 6.81. The first-order chi connectivity index (χ1) is 19.3. The fourth-order valence-electron chi connectivity index (χ4n) is 5.89. The lowest BCUT2D eigenvalue weighted by atomic mass is 9.34. The predicted octanol–water partition coefficient (Wildman–Crippen LogP) is 6.81. The zero-order valence-electron chi connectivity index (χ0n) is 21.0. The van der Waals surface area contributed by atoms with Gasteiger partial charge in [0.05, 0.1) is 5.69 Å². The fraction of sp³-hybridized carbons (Fsp3) is 0. The molecule has 0 N–H and O–H groups in total. The van der Waals surface area contributed by atoms with Gasteiger partial charge in [-0.2, -0.15) is 0 Å². The number of benzene rings is 5. The number of pyridine rings is 1. The highest BCUT2D eigenvalue weighted by molar-refractivity contribution is 6.98. The van der Waals surface area contributed by atoms with Crippen molar-refractivity contribution in [3.05, 3.63) is 134 Å². The van der Waals surface area contributed by atoms with Gasteiger partial charge < -0.3 is 9.47 Å². The van der Waals surface area contributed by atoms with Gasteiger partial charge in [-0.05, 0) is 64.0 Å². The third-order valence-electron chi connectivity index (χ3n) is 7.66. The SMILES string of the molecule is c1ccc(-c2cc(-c3ccccc3)c3c4c2Oc2ccccc2B4c2cc(-c4ccccn4)ccc2O3)cc1. The van der Waals surface area contributed by atoms with Crippen LogP contribution in [-0.2, 0) is 0 Å². The van der Waals surface area contributed by atoms with E-state index in [1.54, 1.807) is 0 Å². The van der Waals surface area contributed by atoms with Gasteiger partial charge >= 0.3 is 0 Å². The highest BCUT2D eigenvalue weighted by atomic mass is 16.5. The molecule has 1 aromatic heterocycles. The van der Waals surface area contributed by atoms with Crippen LogP contribution >= 0.6 is 0 Å². The van der Waals surface area contributed by atoms with Crippen molar-refractivity contribution in [2.24, 2.45) is 0 Å². The molecule has 5 aromatic carbocycles. The summed E-state index contributed by atoms with van der Waals surface area (Å²) >= 11 is 0. The van der Waals surface area contributed by atoms with E-state index in [9.17, 15) is 0 Å². The number of hydrogen-bond acceptors (Lipinski definition) is 3.